The molecule has 0 spiro atoms. The number of rotatable bonds is 4. The summed E-state index contributed by atoms with van der Waals surface area (Å²) < 4.78 is 3.56. The summed E-state index contributed by atoms with van der Waals surface area (Å²) in [5.41, 5.74) is -0.104. The summed E-state index contributed by atoms with van der Waals surface area (Å²) in [6.45, 7) is 10.6. The summed E-state index contributed by atoms with van der Waals surface area (Å²) in [5.74, 6) is 0.481. The predicted octanol–water partition coefficient (Wildman–Crippen LogP) is 3.14. The van der Waals surface area contributed by atoms with Crippen LogP contribution < -0.4 is 0 Å². The average Bonchev–Trinajstić information content (AvgIpc) is 1.97. The molecule has 0 aromatic carbocycles. The zero-order chi connectivity index (χ0) is 9.78. The van der Waals surface area contributed by atoms with E-state index in [-0.39, 0.29) is 5.41 Å². The van der Waals surface area contributed by atoms with Gasteiger partial charge in [0.15, 0.2) is 0 Å². The molecular weight excluding hydrogens is 258 g/mol. The van der Waals surface area contributed by atoms with Gasteiger partial charge in [0.05, 0.1) is 0 Å². The van der Waals surface area contributed by atoms with Crippen molar-refractivity contribution in [2.45, 2.75) is 47.7 Å². The van der Waals surface area contributed by atoms with Gasteiger partial charge in [-0.15, -0.1) is 0 Å². The Kier molecular flexibility index (Phi) is 5.48. The van der Waals surface area contributed by atoms with Crippen molar-refractivity contribution >= 4 is 26.0 Å². The SMILES string of the molecule is C[CH2][Sb]([CH2]C)[CH2]C(=O)C(C)(C)C. The standard InChI is InChI=1S/C6H11O.2C2H5.Sb/c1-5(7)6(2,3)4;2*1-2;/h1H2,2-4H3;2*1H2,2H3;. The molecule has 0 saturated carbocycles. The van der Waals surface area contributed by atoms with Crippen LogP contribution in [0.3, 0.4) is 0 Å². The molecule has 0 aliphatic rings. The summed E-state index contributed by atoms with van der Waals surface area (Å²) >= 11 is -1.11. The zero-order valence-corrected chi connectivity index (χ0v) is 11.5. The molecule has 0 heterocycles. The van der Waals surface area contributed by atoms with Crippen molar-refractivity contribution in [3.05, 3.63) is 0 Å². The van der Waals surface area contributed by atoms with Crippen LogP contribution in [0.2, 0.25) is 13.1 Å². The number of ketones is 1. The van der Waals surface area contributed by atoms with Crippen molar-refractivity contribution in [1.29, 1.82) is 0 Å². The average molecular weight is 279 g/mol. The third-order valence-electron chi connectivity index (χ3n) is 2.10. The van der Waals surface area contributed by atoms with Gasteiger partial charge < -0.3 is 0 Å². The van der Waals surface area contributed by atoms with E-state index in [4.69, 9.17) is 0 Å². The first-order valence-electron chi connectivity index (χ1n) is 4.67. The second kappa shape index (κ2) is 5.27. The minimum absolute atomic E-state index is 0.104. The molecule has 0 atom stereocenters. The van der Waals surface area contributed by atoms with Crippen LogP contribution in [-0.2, 0) is 4.79 Å². The number of carbonyl (C=O) groups is 1. The van der Waals surface area contributed by atoms with Gasteiger partial charge in [-0.3, -0.25) is 0 Å². The molecule has 0 bridgehead atoms. The van der Waals surface area contributed by atoms with Crippen LogP contribution in [0.25, 0.3) is 0 Å². The van der Waals surface area contributed by atoms with Crippen LogP contribution in [0.1, 0.15) is 34.6 Å². The Labute approximate surface area is 83.9 Å². The quantitative estimate of drug-likeness (QED) is 0.722. The van der Waals surface area contributed by atoms with Gasteiger partial charge in [0.25, 0.3) is 0 Å². The van der Waals surface area contributed by atoms with Crippen LogP contribution in [0, 0.1) is 5.41 Å². The fourth-order valence-electron chi connectivity index (χ4n) is 0.887. The molecule has 0 aliphatic carbocycles. The van der Waals surface area contributed by atoms with Gasteiger partial charge in [-0.05, 0) is 0 Å². The van der Waals surface area contributed by atoms with Crippen molar-refractivity contribution in [3.8, 4) is 0 Å². The van der Waals surface area contributed by atoms with Crippen LogP contribution >= 0.6 is 0 Å². The summed E-state index contributed by atoms with van der Waals surface area (Å²) in [4.78, 5) is 11.6. The van der Waals surface area contributed by atoms with Crippen molar-refractivity contribution < 1.29 is 4.79 Å². The van der Waals surface area contributed by atoms with E-state index in [1.165, 1.54) is 8.73 Å². The molecule has 72 valence electrons. The second-order valence-corrected chi connectivity index (χ2v) is 12.5. The van der Waals surface area contributed by atoms with Gasteiger partial charge >= 0.3 is 83.9 Å². The van der Waals surface area contributed by atoms with E-state index < -0.39 is 20.2 Å². The molecule has 0 aliphatic heterocycles. The van der Waals surface area contributed by atoms with Crippen molar-refractivity contribution in [2.75, 3.05) is 0 Å². The van der Waals surface area contributed by atoms with Crippen LogP contribution in [-0.4, -0.2) is 26.0 Å². The van der Waals surface area contributed by atoms with Crippen LogP contribution in [0.4, 0.5) is 0 Å². The molecular formula is C10H21OSb. The van der Waals surface area contributed by atoms with E-state index in [2.05, 4.69) is 13.8 Å². The summed E-state index contributed by atoms with van der Waals surface area (Å²) in [7, 11) is 0. The maximum absolute atomic E-state index is 11.6. The molecule has 0 radical (unpaired) electrons. The Morgan fingerprint density at radius 1 is 1.17 bits per heavy atom. The summed E-state index contributed by atoms with van der Waals surface area (Å²) in [6.07, 6.45) is 0. The fourth-order valence-corrected chi connectivity index (χ4v) is 5.95. The third kappa shape index (κ3) is 4.50. The molecule has 0 amide bonds. The Balaban J connectivity index is 3.99. The van der Waals surface area contributed by atoms with Gasteiger partial charge in [-0.1, -0.05) is 0 Å². The number of carbonyl (C=O) groups excluding carboxylic acids is 1. The first kappa shape index (κ1) is 12.5. The molecule has 1 nitrogen and oxygen atoms in total. The molecule has 0 aromatic heterocycles. The van der Waals surface area contributed by atoms with Gasteiger partial charge in [-0.25, -0.2) is 0 Å². The molecule has 0 unspecified atom stereocenters. The predicted molar refractivity (Wildman–Crippen MR) is 56.0 cm³/mol. The van der Waals surface area contributed by atoms with E-state index in [1.54, 1.807) is 0 Å². The van der Waals surface area contributed by atoms with Gasteiger partial charge in [0.2, 0.25) is 0 Å². The molecule has 0 aromatic rings. The molecule has 0 rings (SSSR count). The first-order valence-corrected chi connectivity index (χ1v) is 10.1. The van der Waals surface area contributed by atoms with E-state index >= 15 is 0 Å². The van der Waals surface area contributed by atoms with E-state index in [0.29, 0.717) is 5.78 Å². The first-order chi connectivity index (χ1) is 5.41. The summed E-state index contributed by atoms with van der Waals surface area (Å²) in [5, 5.41) is 0. The summed E-state index contributed by atoms with van der Waals surface area (Å²) in [6, 6.07) is 0. The van der Waals surface area contributed by atoms with Gasteiger partial charge in [0.1, 0.15) is 0 Å². The molecule has 2 heteroatoms. The normalized spacial score (nSPS) is 12.2. The molecule has 12 heavy (non-hydrogen) atoms. The molecule has 0 fully saturated rings. The molecule has 0 saturated heterocycles. The third-order valence-corrected chi connectivity index (χ3v) is 9.30. The fraction of sp³-hybridized carbons (Fsp3) is 0.900. The van der Waals surface area contributed by atoms with Crippen molar-refractivity contribution in [2.24, 2.45) is 5.41 Å². The number of hydrogen-bond donors (Lipinski definition) is 0. The van der Waals surface area contributed by atoms with Crippen molar-refractivity contribution in [3.63, 3.8) is 0 Å². The van der Waals surface area contributed by atoms with Crippen molar-refractivity contribution in [1.82, 2.24) is 0 Å². The van der Waals surface area contributed by atoms with E-state index in [1.807, 2.05) is 20.8 Å². The van der Waals surface area contributed by atoms with Crippen LogP contribution in [0.5, 0.6) is 0 Å². The van der Waals surface area contributed by atoms with Gasteiger partial charge in [0, 0.05) is 0 Å². The van der Waals surface area contributed by atoms with E-state index in [0.717, 1.165) is 4.37 Å². The Bertz CT molecular complexity index is 142. The Morgan fingerprint density at radius 2 is 1.58 bits per heavy atom. The number of Topliss-reactive ketones (excluding diaryl/α,β-unsaturated/α-hetero) is 1. The van der Waals surface area contributed by atoms with Gasteiger partial charge in [-0.2, -0.15) is 0 Å². The Hall–Kier alpha value is 0.488. The Morgan fingerprint density at radius 3 is 1.83 bits per heavy atom. The number of hydrogen-bond acceptors (Lipinski definition) is 1. The minimum atomic E-state index is -1.11. The van der Waals surface area contributed by atoms with Crippen LogP contribution in [0.15, 0.2) is 0 Å². The topological polar surface area (TPSA) is 17.1 Å². The zero-order valence-electron chi connectivity index (χ0n) is 8.98. The maximum atomic E-state index is 11.6. The molecule has 0 N–H and O–H groups in total. The second-order valence-electron chi connectivity index (χ2n) is 4.13. The van der Waals surface area contributed by atoms with E-state index in [9.17, 15) is 4.79 Å². The monoisotopic (exact) mass is 278 g/mol.